The lowest BCUT2D eigenvalue weighted by atomic mass is 9.96. The zero-order chi connectivity index (χ0) is 18.6. The SMILES string of the molecule is C=C(Nc1cccc2c1CCc1cccc(C)c1C2)OCc1ccccc1. The number of aryl methyl sites for hydroxylation is 2. The van der Waals surface area contributed by atoms with Gasteiger partial charge in [-0.05, 0) is 72.2 Å². The van der Waals surface area contributed by atoms with Gasteiger partial charge in [0.25, 0.3) is 0 Å². The number of anilines is 1. The van der Waals surface area contributed by atoms with Crippen molar-refractivity contribution in [3.63, 3.8) is 0 Å². The van der Waals surface area contributed by atoms with Crippen LogP contribution in [0.4, 0.5) is 5.69 Å². The van der Waals surface area contributed by atoms with Gasteiger partial charge in [-0.1, -0.05) is 60.7 Å². The summed E-state index contributed by atoms with van der Waals surface area (Å²) in [7, 11) is 0. The summed E-state index contributed by atoms with van der Waals surface area (Å²) < 4.78 is 5.83. The summed E-state index contributed by atoms with van der Waals surface area (Å²) >= 11 is 0. The van der Waals surface area contributed by atoms with Crippen LogP contribution in [0.25, 0.3) is 0 Å². The van der Waals surface area contributed by atoms with E-state index in [2.05, 4.69) is 67.4 Å². The summed E-state index contributed by atoms with van der Waals surface area (Å²) in [5.41, 5.74) is 9.34. The number of hydrogen-bond donors (Lipinski definition) is 1. The fraction of sp³-hybridized carbons (Fsp3) is 0.200. The second kappa shape index (κ2) is 7.71. The minimum Gasteiger partial charge on any atom is -0.475 e. The van der Waals surface area contributed by atoms with Crippen LogP contribution in [0.1, 0.15) is 33.4 Å². The van der Waals surface area contributed by atoms with E-state index in [1.54, 1.807) is 0 Å². The van der Waals surface area contributed by atoms with E-state index in [0.29, 0.717) is 12.5 Å². The fourth-order valence-electron chi connectivity index (χ4n) is 3.84. The second-order valence-electron chi connectivity index (χ2n) is 7.16. The largest absolute Gasteiger partial charge is 0.475 e. The summed E-state index contributed by atoms with van der Waals surface area (Å²) in [6.07, 6.45) is 3.09. The van der Waals surface area contributed by atoms with Gasteiger partial charge in [0.05, 0.1) is 0 Å². The van der Waals surface area contributed by atoms with Crippen LogP contribution < -0.4 is 5.32 Å². The van der Waals surface area contributed by atoms with E-state index in [9.17, 15) is 0 Å². The smallest absolute Gasteiger partial charge is 0.184 e. The van der Waals surface area contributed by atoms with Crippen molar-refractivity contribution >= 4 is 5.69 Å². The molecule has 0 saturated carbocycles. The summed E-state index contributed by atoms with van der Waals surface area (Å²) in [5.74, 6) is 0.588. The number of nitrogens with one attached hydrogen (secondary N) is 1. The Bertz CT molecular complexity index is 959. The monoisotopic (exact) mass is 355 g/mol. The molecule has 0 amide bonds. The van der Waals surface area contributed by atoms with Gasteiger partial charge in [-0.3, -0.25) is 0 Å². The van der Waals surface area contributed by atoms with Gasteiger partial charge in [0, 0.05) is 5.69 Å². The predicted molar refractivity (Wildman–Crippen MR) is 112 cm³/mol. The van der Waals surface area contributed by atoms with Crippen molar-refractivity contribution in [1.82, 2.24) is 0 Å². The molecule has 136 valence electrons. The first-order valence-corrected chi connectivity index (χ1v) is 9.51. The Morgan fingerprint density at radius 1 is 0.889 bits per heavy atom. The molecule has 1 aliphatic carbocycles. The first-order chi connectivity index (χ1) is 13.2. The third kappa shape index (κ3) is 3.90. The lowest BCUT2D eigenvalue weighted by Crippen LogP contribution is -2.07. The van der Waals surface area contributed by atoms with Crippen molar-refractivity contribution in [3.05, 3.63) is 113 Å². The second-order valence-corrected chi connectivity index (χ2v) is 7.16. The van der Waals surface area contributed by atoms with Gasteiger partial charge in [-0.25, -0.2) is 0 Å². The molecule has 0 aliphatic heterocycles. The van der Waals surface area contributed by atoms with Gasteiger partial charge in [0.2, 0.25) is 0 Å². The van der Waals surface area contributed by atoms with Gasteiger partial charge in [0.15, 0.2) is 5.88 Å². The molecule has 3 aromatic carbocycles. The van der Waals surface area contributed by atoms with Crippen molar-refractivity contribution in [3.8, 4) is 0 Å². The summed E-state index contributed by atoms with van der Waals surface area (Å²) in [5, 5.41) is 3.39. The van der Waals surface area contributed by atoms with Gasteiger partial charge in [-0.2, -0.15) is 0 Å². The maximum Gasteiger partial charge on any atom is 0.184 e. The van der Waals surface area contributed by atoms with Crippen LogP contribution in [-0.2, 0) is 30.6 Å². The molecule has 0 saturated heterocycles. The van der Waals surface area contributed by atoms with Crippen LogP contribution in [-0.4, -0.2) is 0 Å². The average Bonchev–Trinajstić information content (AvgIpc) is 2.88. The molecule has 3 aromatic rings. The van der Waals surface area contributed by atoms with E-state index in [4.69, 9.17) is 4.74 Å². The molecule has 2 nitrogen and oxygen atoms in total. The van der Waals surface area contributed by atoms with Crippen LogP contribution in [0.15, 0.2) is 79.2 Å². The summed E-state index contributed by atoms with van der Waals surface area (Å²) in [4.78, 5) is 0. The van der Waals surface area contributed by atoms with Crippen molar-refractivity contribution in [2.75, 3.05) is 5.32 Å². The molecule has 2 heteroatoms. The average molecular weight is 355 g/mol. The number of ether oxygens (including phenoxy) is 1. The normalized spacial score (nSPS) is 12.5. The Kier molecular flexibility index (Phi) is 4.97. The number of rotatable bonds is 5. The first-order valence-electron chi connectivity index (χ1n) is 9.51. The highest BCUT2D eigenvalue weighted by Crippen LogP contribution is 2.31. The molecule has 4 rings (SSSR count). The molecule has 27 heavy (non-hydrogen) atoms. The Morgan fingerprint density at radius 2 is 1.67 bits per heavy atom. The summed E-state index contributed by atoms with van der Waals surface area (Å²) in [6.45, 7) is 6.79. The minimum atomic E-state index is 0.520. The first kappa shape index (κ1) is 17.4. The summed E-state index contributed by atoms with van der Waals surface area (Å²) in [6, 6.07) is 23.3. The van der Waals surface area contributed by atoms with Crippen LogP contribution in [0.5, 0.6) is 0 Å². The zero-order valence-corrected chi connectivity index (χ0v) is 15.8. The van der Waals surface area contributed by atoms with Gasteiger partial charge < -0.3 is 10.1 Å². The van der Waals surface area contributed by atoms with Crippen LogP contribution in [0.3, 0.4) is 0 Å². The molecule has 0 bridgehead atoms. The highest BCUT2D eigenvalue weighted by Gasteiger charge is 2.17. The van der Waals surface area contributed by atoms with Crippen molar-refractivity contribution in [1.29, 1.82) is 0 Å². The van der Waals surface area contributed by atoms with Gasteiger partial charge in [0.1, 0.15) is 6.61 Å². The molecule has 0 heterocycles. The molecule has 1 N–H and O–H groups in total. The molecule has 0 atom stereocenters. The quantitative estimate of drug-likeness (QED) is 0.585. The molecule has 0 fully saturated rings. The lowest BCUT2D eigenvalue weighted by Gasteiger charge is -2.16. The van der Waals surface area contributed by atoms with E-state index in [-0.39, 0.29) is 0 Å². The predicted octanol–water partition coefficient (Wildman–Crippen LogP) is 5.78. The number of benzene rings is 3. The molecule has 0 unspecified atom stereocenters. The molecule has 0 radical (unpaired) electrons. The van der Waals surface area contributed by atoms with Crippen molar-refractivity contribution in [2.24, 2.45) is 0 Å². The van der Waals surface area contributed by atoms with E-state index in [1.807, 2.05) is 18.2 Å². The highest BCUT2D eigenvalue weighted by atomic mass is 16.5. The molecular weight excluding hydrogens is 330 g/mol. The van der Waals surface area contributed by atoms with E-state index in [1.165, 1.54) is 27.8 Å². The Morgan fingerprint density at radius 3 is 2.52 bits per heavy atom. The third-order valence-corrected chi connectivity index (χ3v) is 5.32. The number of hydrogen-bond acceptors (Lipinski definition) is 2. The Balaban J connectivity index is 1.51. The maximum atomic E-state index is 5.83. The third-order valence-electron chi connectivity index (χ3n) is 5.32. The standard InChI is InChI=1S/C25H25NO/c1-18-8-6-11-21-14-15-23-22(16-24(18)21)12-7-13-25(23)26-19(2)27-17-20-9-4-3-5-10-20/h3-13,26H,2,14-17H2,1H3. The molecule has 0 aromatic heterocycles. The minimum absolute atomic E-state index is 0.520. The topological polar surface area (TPSA) is 21.3 Å². The van der Waals surface area contributed by atoms with Crippen molar-refractivity contribution < 1.29 is 4.74 Å². The molecule has 0 spiro atoms. The van der Waals surface area contributed by atoms with Crippen LogP contribution in [0, 0.1) is 6.92 Å². The van der Waals surface area contributed by atoms with Gasteiger partial charge in [-0.15, -0.1) is 0 Å². The van der Waals surface area contributed by atoms with Crippen LogP contribution >= 0.6 is 0 Å². The lowest BCUT2D eigenvalue weighted by molar-refractivity contribution is 0.205. The Labute approximate surface area is 161 Å². The van der Waals surface area contributed by atoms with Gasteiger partial charge >= 0.3 is 0 Å². The van der Waals surface area contributed by atoms with E-state index >= 15 is 0 Å². The van der Waals surface area contributed by atoms with E-state index in [0.717, 1.165) is 30.5 Å². The van der Waals surface area contributed by atoms with E-state index < -0.39 is 0 Å². The fourth-order valence-corrected chi connectivity index (χ4v) is 3.84. The number of fused-ring (bicyclic) bond motifs is 2. The Hall–Kier alpha value is -3.00. The zero-order valence-electron chi connectivity index (χ0n) is 15.8. The molecular formula is C25H25NO. The van der Waals surface area contributed by atoms with Crippen LogP contribution in [0.2, 0.25) is 0 Å². The molecule has 1 aliphatic rings. The van der Waals surface area contributed by atoms with Crippen molar-refractivity contribution in [2.45, 2.75) is 32.8 Å². The highest BCUT2D eigenvalue weighted by molar-refractivity contribution is 5.59. The maximum absolute atomic E-state index is 5.83.